The van der Waals surface area contributed by atoms with Gasteiger partial charge in [-0.05, 0) is 0 Å². The Hall–Kier alpha value is -0.880. The monoisotopic (exact) mass is 287 g/mol. The molecule has 0 aliphatic carbocycles. The van der Waals surface area contributed by atoms with E-state index in [2.05, 4.69) is 30.8 Å². The summed E-state index contributed by atoms with van der Waals surface area (Å²) in [4.78, 5) is 10.7. The van der Waals surface area contributed by atoms with Crippen molar-refractivity contribution in [3.63, 3.8) is 0 Å². The molecule has 0 N–H and O–H groups in total. The largest absolute Gasteiger partial charge is 0.481 e. The van der Waals surface area contributed by atoms with Crippen LogP contribution in [-0.2, 0) is 4.74 Å². The van der Waals surface area contributed by atoms with E-state index < -0.39 is 0 Å². The number of aromatic nitrogens is 2. The first-order chi connectivity index (χ1) is 7.85. The summed E-state index contributed by atoms with van der Waals surface area (Å²) in [7, 11) is 1.60. The number of hydrogen-bond acceptors (Lipinski definition) is 5. The first-order valence-electron chi connectivity index (χ1n) is 5.12. The average Bonchev–Trinajstić information content (AvgIpc) is 2.38. The van der Waals surface area contributed by atoms with E-state index in [0.717, 1.165) is 11.9 Å². The van der Waals surface area contributed by atoms with Crippen molar-refractivity contribution in [3.8, 4) is 5.88 Å². The van der Waals surface area contributed by atoms with Gasteiger partial charge < -0.3 is 14.4 Å². The second-order valence-corrected chi connectivity index (χ2v) is 4.12. The van der Waals surface area contributed by atoms with E-state index in [0.29, 0.717) is 25.0 Å². The highest BCUT2D eigenvalue weighted by Crippen LogP contribution is 2.18. The predicted molar refractivity (Wildman–Crippen MR) is 64.3 cm³/mol. The number of hydrogen-bond donors (Lipinski definition) is 0. The summed E-state index contributed by atoms with van der Waals surface area (Å²) in [5.41, 5.74) is 0. The van der Waals surface area contributed by atoms with E-state index in [1.54, 1.807) is 19.4 Å². The predicted octanol–water partition coefficient (Wildman–Crippen LogP) is 1.09. The molecule has 1 aliphatic heterocycles. The molecule has 1 unspecified atom stereocenters. The quantitative estimate of drug-likeness (QED) is 0.779. The fourth-order valence-electron chi connectivity index (χ4n) is 1.63. The number of alkyl halides is 1. The van der Waals surface area contributed by atoms with Gasteiger partial charge in [0.2, 0.25) is 11.8 Å². The highest BCUT2D eigenvalue weighted by Gasteiger charge is 2.24. The molecule has 0 radical (unpaired) electrons. The fourth-order valence-corrected chi connectivity index (χ4v) is 2.17. The molecule has 6 heteroatoms. The summed E-state index contributed by atoms with van der Waals surface area (Å²) in [5, 5.41) is 0.841. The number of ether oxygens (including phenoxy) is 2. The number of halogens is 1. The van der Waals surface area contributed by atoms with Crippen LogP contribution in [0.5, 0.6) is 5.88 Å². The molecule has 5 nitrogen and oxygen atoms in total. The maximum atomic E-state index is 5.42. The zero-order chi connectivity index (χ0) is 11.4. The van der Waals surface area contributed by atoms with Crippen molar-refractivity contribution in [3.05, 3.63) is 12.3 Å². The molecular weight excluding hydrogens is 274 g/mol. The zero-order valence-corrected chi connectivity index (χ0v) is 10.7. The summed E-state index contributed by atoms with van der Waals surface area (Å²) >= 11 is 3.48. The van der Waals surface area contributed by atoms with Gasteiger partial charge >= 0.3 is 0 Å². The normalized spacial score (nSPS) is 20.9. The molecule has 1 aliphatic rings. The van der Waals surface area contributed by atoms with Gasteiger partial charge in [0.15, 0.2) is 0 Å². The summed E-state index contributed by atoms with van der Waals surface area (Å²) in [6, 6.07) is 2.02. The molecule has 1 aromatic heterocycles. The zero-order valence-electron chi connectivity index (χ0n) is 9.10. The smallest absolute Gasteiger partial charge is 0.229 e. The second kappa shape index (κ2) is 5.45. The van der Waals surface area contributed by atoms with E-state index in [4.69, 9.17) is 9.47 Å². The third-order valence-electron chi connectivity index (χ3n) is 2.49. The fraction of sp³-hybridized carbons (Fsp3) is 0.600. The van der Waals surface area contributed by atoms with Gasteiger partial charge in [0.1, 0.15) is 0 Å². The van der Waals surface area contributed by atoms with Gasteiger partial charge in [-0.15, -0.1) is 0 Å². The number of methoxy groups -OCH3 is 1. The van der Waals surface area contributed by atoms with Gasteiger partial charge in [-0.25, -0.2) is 4.98 Å². The van der Waals surface area contributed by atoms with Gasteiger partial charge in [-0.2, -0.15) is 4.98 Å². The first-order valence-corrected chi connectivity index (χ1v) is 6.24. The number of anilines is 1. The van der Waals surface area contributed by atoms with Crippen molar-refractivity contribution < 1.29 is 9.47 Å². The lowest BCUT2D eigenvalue weighted by atomic mass is 10.3. The summed E-state index contributed by atoms with van der Waals surface area (Å²) in [5.74, 6) is 1.29. The molecule has 1 aromatic rings. The molecule has 2 heterocycles. The van der Waals surface area contributed by atoms with Crippen LogP contribution >= 0.6 is 15.9 Å². The van der Waals surface area contributed by atoms with Crippen molar-refractivity contribution in [2.75, 3.05) is 37.1 Å². The molecule has 1 fully saturated rings. The van der Waals surface area contributed by atoms with Crippen LogP contribution in [0.1, 0.15) is 0 Å². The maximum absolute atomic E-state index is 5.42. The Kier molecular flexibility index (Phi) is 3.95. The van der Waals surface area contributed by atoms with Crippen LogP contribution in [0.25, 0.3) is 0 Å². The standard InChI is InChI=1S/C10H14BrN3O2/c1-15-9-2-3-12-10(13-9)14-4-5-16-7-8(14)6-11/h2-3,8H,4-7H2,1H3. The third kappa shape index (κ3) is 2.44. The molecule has 0 amide bonds. The van der Waals surface area contributed by atoms with Gasteiger partial charge in [0.05, 0.1) is 26.4 Å². The van der Waals surface area contributed by atoms with Gasteiger partial charge in [0, 0.05) is 24.1 Å². The van der Waals surface area contributed by atoms with Crippen molar-refractivity contribution in [1.82, 2.24) is 9.97 Å². The molecule has 0 spiro atoms. The summed E-state index contributed by atoms with van der Waals surface area (Å²) < 4.78 is 10.5. The Bertz CT molecular complexity index is 351. The molecule has 0 bridgehead atoms. The third-order valence-corrected chi connectivity index (χ3v) is 3.24. The van der Waals surface area contributed by atoms with E-state index in [-0.39, 0.29) is 6.04 Å². The minimum absolute atomic E-state index is 0.279. The highest BCUT2D eigenvalue weighted by atomic mass is 79.9. The van der Waals surface area contributed by atoms with E-state index in [9.17, 15) is 0 Å². The molecule has 16 heavy (non-hydrogen) atoms. The van der Waals surface area contributed by atoms with E-state index >= 15 is 0 Å². The van der Waals surface area contributed by atoms with Crippen LogP contribution in [0.3, 0.4) is 0 Å². The maximum Gasteiger partial charge on any atom is 0.229 e. The molecule has 0 aromatic carbocycles. The Labute approximate surface area is 103 Å². The SMILES string of the molecule is COc1ccnc(N2CCOCC2CBr)n1. The van der Waals surface area contributed by atoms with Crippen molar-refractivity contribution in [2.45, 2.75) is 6.04 Å². The lowest BCUT2D eigenvalue weighted by Gasteiger charge is -2.34. The van der Waals surface area contributed by atoms with Crippen LogP contribution in [0.2, 0.25) is 0 Å². The lowest BCUT2D eigenvalue weighted by molar-refractivity contribution is 0.0995. The topological polar surface area (TPSA) is 47.5 Å². The molecule has 2 rings (SSSR count). The summed E-state index contributed by atoms with van der Waals surface area (Å²) in [6.45, 7) is 2.22. The molecule has 88 valence electrons. The van der Waals surface area contributed by atoms with Crippen LogP contribution in [-0.4, -0.2) is 48.2 Å². The Balaban J connectivity index is 2.20. The lowest BCUT2D eigenvalue weighted by Crippen LogP contribution is -2.47. The van der Waals surface area contributed by atoms with E-state index in [1.165, 1.54) is 0 Å². The molecule has 1 saturated heterocycles. The van der Waals surface area contributed by atoms with Crippen LogP contribution in [0, 0.1) is 0 Å². The first kappa shape index (κ1) is 11.6. The number of morpholine rings is 1. The second-order valence-electron chi connectivity index (χ2n) is 3.48. The minimum Gasteiger partial charge on any atom is -0.481 e. The van der Waals surface area contributed by atoms with Crippen molar-refractivity contribution in [2.24, 2.45) is 0 Å². The van der Waals surface area contributed by atoms with Crippen LogP contribution < -0.4 is 9.64 Å². The van der Waals surface area contributed by atoms with Crippen molar-refractivity contribution >= 4 is 21.9 Å². The van der Waals surface area contributed by atoms with Crippen molar-refractivity contribution in [1.29, 1.82) is 0 Å². The molecule has 0 saturated carbocycles. The summed E-state index contributed by atoms with van der Waals surface area (Å²) in [6.07, 6.45) is 1.71. The van der Waals surface area contributed by atoms with Gasteiger partial charge in [-0.1, -0.05) is 15.9 Å². The highest BCUT2D eigenvalue weighted by molar-refractivity contribution is 9.09. The number of rotatable bonds is 3. The Morgan fingerprint density at radius 2 is 2.56 bits per heavy atom. The molecule has 1 atom stereocenters. The van der Waals surface area contributed by atoms with Gasteiger partial charge in [0.25, 0.3) is 0 Å². The number of nitrogens with zero attached hydrogens (tertiary/aromatic N) is 3. The van der Waals surface area contributed by atoms with Gasteiger partial charge in [-0.3, -0.25) is 0 Å². The van der Waals surface area contributed by atoms with Crippen LogP contribution in [0.15, 0.2) is 12.3 Å². The Morgan fingerprint density at radius 1 is 1.69 bits per heavy atom. The van der Waals surface area contributed by atoms with E-state index in [1.807, 2.05) is 0 Å². The Morgan fingerprint density at radius 3 is 3.31 bits per heavy atom. The molecular formula is C10H14BrN3O2. The minimum atomic E-state index is 0.279. The van der Waals surface area contributed by atoms with Crippen LogP contribution in [0.4, 0.5) is 5.95 Å². The average molecular weight is 288 g/mol.